The molecule has 0 saturated carbocycles. The second-order valence-electron chi connectivity index (χ2n) is 4.32. The van der Waals surface area contributed by atoms with E-state index in [2.05, 4.69) is 17.6 Å². The number of carbonyl (C=O) groups excluding carboxylic acids is 1. The molecular weight excluding hydrogens is 248 g/mol. The summed E-state index contributed by atoms with van der Waals surface area (Å²) in [5.41, 5.74) is 1.69. The van der Waals surface area contributed by atoms with Crippen molar-refractivity contribution in [1.82, 2.24) is 5.32 Å². The second kappa shape index (κ2) is 7.39. The van der Waals surface area contributed by atoms with Crippen LogP contribution in [0.25, 0.3) is 0 Å². The van der Waals surface area contributed by atoms with Gasteiger partial charge in [0.25, 0.3) is 0 Å². The average molecular weight is 269 g/mol. The molecule has 1 aromatic rings. The molecule has 0 saturated heterocycles. The topological polar surface area (TPSA) is 41.1 Å². The number of nitrogens with one attached hydrogen (secondary N) is 2. The fourth-order valence-electron chi connectivity index (χ4n) is 1.86. The van der Waals surface area contributed by atoms with E-state index in [9.17, 15) is 4.79 Å². The van der Waals surface area contributed by atoms with Gasteiger partial charge in [0.2, 0.25) is 5.91 Å². The van der Waals surface area contributed by atoms with Crippen molar-refractivity contribution >= 4 is 23.2 Å². The van der Waals surface area contributed by atoms with Crippen LogP contribution in [0.3, 0.4) is 0 Å². The molecule has 2 N–H and O–H groups in total. The number of carbonyl (C=O) groups is 1. The largest absolute Gasteiger partial charge is 0.323 e. The Kier molecular flexibility index (Phi) is 6.16. The van der Waals surface area contributed by atoms with Crippen LogP contribution in [-0.2, 0) is 4.79 Å². The van der Waals surface area contributed by atoms with Crippen LogP contribution < -0.4 is 10.6 Å². The van der Waals surface area contributed by atoms with E-state index in [0.717, 1.165) is 24.9 Å². The van der Waals surface area contributed by atoms with Gasteiger partial charge >= 0.3 is 0 Å². The van der Waals surface area contributed by atoms with Crippen LogP contribution in [0.2, 0.25) is 5.02 Å². The Bertz CT molecular complexity index is 381. The minimum Gasteiger partial charge on any atom is -0.323 e. The number of para-hydroxylation sites is 1. The van der Waals surface area contributed by atoms with E-state index in [1.807, 2.05) is 26.0 Å². The molecule has 0 aliphatic rings. The van der Waals surface area contributed by atoms with Gasteiger partial charge in [0, 0.05) is 0 Å². The fourth-order valence-corrected chi connectivity index (χ4v) is 2.13. The molecule has 0 heterocycles. The highest BCUT2D eigenvalue weighted by molar-refractivity contribution is 6.34. The molecule has 4 heteroatoms. The van der Waals surface area contributed by atoms with Gasteiger partial charge in [-0.2, -0.15) is 0 Å². The van der Waals surface area contributed by atoms with Crippen molar-refractivity contribution in [1.29, 1.82) is 0 Å². The van der Waals surface area contributed by atoms with Crippen molar-refractivity contribution in [2.24, 2.45) is 0 Å². The number of hydrogen-bond donors (Lipinski definition) is 2. The Hall–Kier alpha value is -1.06. The summed E-state index contributed by atoms with van der Waals surface area (Å²) in [7, 11) is 0. The molecule has 1 rings (SSSR count). The first-order chi connectivity index (χ1) is 8.60. The number of benzene rings is 1. The molecule has 3 nitrogen and oxygen atoms in total. The predicted octanol–water partition coefficient (Wildman–Crippen LogP) is 3.37. The van der Waals surface area contributed by atoms with Crippen LogP contribution in [0.15, 0.2) is 18.2 Å². The Labute approximate surface area is 114 Å². The van der Waals surface area contributed by atoms with Gasteiger partial charge in [-0.25, -0.2) is 0 Å². The third-order valence-corrected chi connectivity index (χ3v) is 3.13. The fraction of sp³-hybridized carbons (Fsp3) is 0.500. The lowest BCUT2D eigenvalue weighted by Crippen LogP contribution is -2.40. The van der Waals surface area contributed by atoms with Crippen molar-refractivity contribution in [2.45, 2.75) is 39.7 Å². The number of rotatable bonds is 6. The minimum atomic E-state index is -0.157. The first-order valence-corrected chi connectivity index (χ1v) is 6.77. The number of hydrogen-bond acceptors (Lipinski definition) is 2. The highest BCUT2D eigenvalue weighted by Crippen LogP contribution is 2.25. The van der Waals surface area contributed by atoms with Gasteiger partial charge in [-0.05, 0) is 31.5 Å². The van der Waals surface area contributed by atoms with E-state index in [1.54, 1.807) is 6.07 Å². The summed E-state index contributed by atoms with van der Waals surface area (Å²) >= 11 is 6.10. The van der Waals surface area contributed by atoms with Gasteiger partial charge < -0.3 is 10.6 Å². The van der Waals surface area contributed by atoms with Crippen molar-refractivity contribution in [3.63, 3.8) is 0 Å². The maximum absolute atomic E-state index is 12.2. The predicted molar refractivity (Wildman–Crippen MR) is 77.2 cm³/mol. The second-order valence-corrected chi connectivity index (χ2v) is 4.73. The summed E-state index contributed by atoms with van der Waals surface area (Å²) in [4.78, 5) is 12.2. The molecule has 0 aliphatic heterocycles. The molecule has 0 fully saturated rings. The van der Waals surface area contributed by atoms with Gasteiger partial charge in [-0.15, -0.1) is 0 Å². The third-order valence-electron chi connectivity index (χ3n) is 2.81. The zero-order valence-electron chi connectivity index (χ0n) is 11.2. The quantitative estimate of drug-likeness (QED) is 0.831. The Morgan fingerprint density at radius 1 is 1.39 bits per heavy atom. The van der Waals surface area contributed by atoms with Crippen molar-refractivity contribution in [2.75, 3.05) is 11.9 Å². The van der Waals surface area contributed by atoms with E-state index < -0.39 is 0 Å². The molecule has 0 spiro atoms. The summed E-state index contributed by atoms with van der Waals surface area (Å²) < 4.78 is 0. The van der Waals surface area contributed by atoms with Crippen LogP contribution in [0.5, 0.6) is 0 Å². The van der Waals surface area contributed by atoms with Gasteiger partial charge in [0.1, 0.15) is 0 Å². The standard InChI is InChI=1S/C14H21ClN2O/c1-4-7-12(16-5-2)14(18)17-13-10(3)8-6-9-11(13)15/h6,8-9,12,16H,4-5,7H2,1-3H3,(H,17,18). The number of likely N-dealkylation sites (N-methyl/N-ethyl adjacent to an activating group) is 1. The molecule has 18 heavy (non-hydrogen) atoms. The average Bonchev–Trinajstić information content (AvgIpc) is 2.33. The Morgan fingerprint density at radius 3 is 2.67 bits per heavy atom. The molecular formula is C14H21ClN2O. The van der Waals surface area contributed by atoms with Crippen LogP contribution in [0.4, 0.5) is 5.69 Å². The van der Waals surface area contributed by atoms with Crippen molar-refractivity contribution < 1.29 is 4.79 Å². The van der Waals surface area contributed by atoms with Gasteiger partial charge in [0.05, 0.1) is 16.8 Å². The SMILES string of the molecule is CCCC(NCC)C(=O)Nc1c(C)cccc1Cl. The minimum absolute atomic E-state index is 0.0186. The number of amides is 1. The van der Waals surface area contributed by atoms with Crippen LogP contribution in [0.1, 0.15) is 32.3 Å². The lowest BCUT2D eigenvalue weighted by Gasteiger charge is -2.18. The summed E-state index contributed by atoms with van der Waals surface area (Å²) in [6.45, 7) is 6.78. The monoisotopic (exact) mass is 268 g/mol. The molecule has 1 unspecified atom stereocenters. The first kappa shape index (κ1) is 15.0. The molecule has 1 aromatic carbocycles. The number of halogens is 1. The zero-order valence-corrected chi connectivity index (χ0v) is 12.0. The summed E-state index contributed by atoms with van der Waals surface area (Å²) in [6, 6.07) is 5.44. The molecule has 0 radical (unpaired) electrons. The van der Waals surface area contributed by atoms with Crippen LogP contribution in [0, 0.1) is 6.92 Å². The van der Waals surface area contributed by atoms with Gasteiger partial charge in [0.15, 0.2) is 0 Å². The molecule has 1 atom stereocenters. The van der Waals surface area contributed by atoms with Crippen molar-refractivity contribution in [3.05, 3.63) is 28.8 Å². The van der Waals surface area contributed by atoms with E-state index in [4.69, 9.17) is 11.6 Å². The molecule has 0 aliphatic carbocycles. The number of aryl methyl sites for hydroxylation is 1. The zero-order chi connectivity index (χ0) is 13.5. The lowest BCUT2D eigenvalue weighted by molar-refractivity contribution is -0.118. The lowest BCUT2D eigenvalue weighted by atomic mass is 10.1. The van der Waals surface area contributed by atoms with E-state index in [1.165, 1.54) is 0 Å². The van der Waals surface area contributed by atoms with Crippen LogP contribution in [-0.4, -0.2) is 18.5 Å². The molecule has 1 amide bonds. The maximum Gasteiger partial charge on any atom is 0.241 e. The summed E-state index contributed by atoms with van der Waals surface area (Å²) in [5.74, 6) is -0.0186. The van der Waals surface area contributed by atoms with Gasteiger partial charge in [-0.3, -0.25) is 4.79 Å². The smallest absolute Gasteiger partial charge is 0.241 e. The Morgan fingerprint density at radius 2 is 2.11 bits per heavy atom. The molecule has 100 valence electrons. The maximum atomic E-state index is 12.2. The summed E-state index contributed by atoms with van der Waals surface area (Å²) in [5, 5.41) is 6.68. The third kappa shape index (κ3) is 4.00. The van der Waals surface area contributed by atoms with E-state index in [0.29, 0.717) is 10.7 Å². The van der Waals surface area contributed by atoms with E-state index in [-0.39, 0.29) is 11.9 Å². The highest BCUT2D eigenvalue weighted by atomic mass is 35.5. The van der Waals surface area contributed by atoms with Crippen molar-refractivity contribution in [3.8, 4) is 0 Å². The summed E-state index contributed by atoms with van der Waals surface area (Å²) in [6.07, 6.45) is 1.79. The normalized spacial score (nSPS) is 12.2. The molecule has 0 aromatic heterocycles. The van der Waals surface area contributed by atoms with Gasteiger partial charge in [-0.1, -0.05) is 44.0 Å². The molecule has 0 bridgehead atoms. The van der Waals surface area contributed by atoms with E-state index >= 15 is 0 Å². The van der Waals surface area contributed by atoms with Crippen LogP contribution >= 0.6 is 11.6 Å². The number of anilines is 1. The first-order valence-electron chi connectivity index (χ1n) is 6.39. The highest BCUT2D eigenvalue weighted by Gasteiger charge is 2.17. The Balaban J connectivity index is 2.79.